The summed E-state index contributed by atoms with van der Waals surface area (Å²) in [5.41, 5.74) is 0. The standard InChI is InChI=1S/C4H4.Cr/c1-3-4-2;/h1-4H;/q-2;+2. The van der Waals surface area contributed by atoms with Crippen LogP contribution in [0.1, 0.15) is 0 Å². The predicted octanol–water partition coefficient (Wildman–Crippen LogP) is 0.962. The second-order valence-electron chi connectivity index (χ2n) is 0.385. The molecule has 0 aromatic rings. The van der Waals surface area contributed by atoms with E-state index in [0.717, 1.165) is 0 Å². The molecule has 0 aliphatic heterocycles. The smallest absolute Gasteiger partial charge is 0.394 e. The van der Waals surface area contributed by atoms with Crippen LogP contribution >= 0.6 is 0 Å². The summed E-state index contributed by atoms with van der Waals surface area (Å²) in [6.45, 7) is 9.44. The van der Waals surface area contributed by atoms with Gasteiger partial charge in [0.25, 0.3) is 0 Å². The molecule has 26 valence electrons. The second kappa shape index (κ2) is 8.99. The van der Waals surface area contributed by atoms with Crippen molar-refractivity contribution in [2.45, 2.75) is 0 Å². The first-order valence-corrected chi connectivity index (χ1v) is 1.00. The Balaban J connectivity index is 0. The largest absolute Gasteiger partial charge is 2.00 e. The average Bonchev–Trinajstić information content (AvgIpc) is 1.37. The minimum atomic E-state index is 0. The summed E-state index contributed by atoms with van der Waals surface area (Å²) in [5.74, 6) is 0. The number of hydrogen-bond donors (Lipinski definition) is 0. The molecule has 0 aromatic carbocycles. The molecule has 0 N–H and O–H groups in total. The Morgan fingerprint density at radius 1 is 1.00 bits per heavy atom. The van der Waals surface area contributed by atoms with Gasteiger partial charge in [0.05, 0.1) is 0 Å². The first-order chi connectivity index (χ1) is 1.91. The number of rotatable bonds is 1. The summed E-state index contributed by atoms with van der Waals surface area (Å²) in [4.78, 5) is 0. The van der Waals surface area contributed by atoms with Crippen LogP contribution in [0.5, 0.6) is 0 Å². The van der Waals surface area contributed by atoms with Crippen LogP contribution in [0.2, 0.25) is 0 Å². The van der Waals surface area contributed by atoms with E-state index in [4.69, 9.17) is 13.2 Å². The molecule has 0 saturated carbocycles. The summed E-state index contributed by atoms with van der Waals surface area (Å²) >= 11 is 0. The third-order valence-electron chi connectivity index (χ3n) is 0.111. The van der Waals surface area contributed by atoms with E-state index in [-0.39, 0.29) is 17.4 Å². The Labute approximate surface area is 43.3 Å². The van der Waals surface area contributed by atoms with E-state index in [1.807, 2.05) is 0 Å². The molecule has 0 nitrogen and oxygen atoms in total. The molecule has 0 atom stereocenters. The molecule has 0 heterocycles. The third-order valence-corrected chi connectivity index (χ3v) is 0.111. The van der Waals surface area contributed by atoms with Crippen LogP contribution in [0.25, 0.3) is 0 Å². The molecule has 0 aromatic heterocycles. The molecule has 0 aliphatic rings. The zero-order chi connectivity index (χ0) is 3.41. The molecule has 0 radical (unpaired) electrons. The third kappa shape index (κ3) is 15.9. The quantitative estimate of drug-likeness (QED) is 0.343. The molecule has 0 spiro atoms. The zero-order valence-corrected chi connectivity index (χ0v) is 3.99. The van der Waals surface area contributed by atoms with Crippen molar-refractivity contribution in [1.82, 2.24) is 0 Å². The van der Waals surface area contributed by atoms with Crippen molar-refractivity contribution in [2.75, 3.05) is 0 Å². The van der Waals surface area contributed by atoms with Gasteiger partial charge in [-0.1, -0.05) is 0 Å². The Morgan fingerprint density at radius 2 is 1.20 bits per heavy atom. The SMILES string of the molecule is [CH-]=CC=[CH-].[Cr+2]. The van der Waals surface area contributed by atoms with E-state index >= 15 is 0 Å². The monoisotopic (exact) mass is 104 g/mol. The van der Waals surface area contributed by atoms with Crippen LogP contribution < -0.4 is 0 Å². The van der Waals surface area contributed by atoms with E-state index in [1.165, 1.54) is 12.2 Å². The molecule has 0 rings (SSSR count). The number of allylic oxidation sites excluding steroid dienone is 2. The van der Waals surface area contributed by atoms with Gasteiger partial charge in [-0.15, -0.1) is 0 Å². The minimum Gasteiger partial charge on any atom is -0.394 e. The summed E-state index contributed by atoms with van der Waals surface area (Å²) in [5, 5.41) is 0. The maximum atomic E-state index is 4.72. The topological polar surface area (TPSA) is 0 Å². The molecule has 0 aliphatic carbocycles. The van der Waals surface area contributed by atoms with Gasteiger partial charge in [-0.2, -0.15) is 0 Å². The van der Waals surface area contributed by atoms with Gasteiger partial charge in [-0.3, -0.25) is 0 Å². The van der Waals surface area contributed by atoms with E-state index in [9.17, 15) is 0 Å². The van der Waals surface area contributed by atoms with Crippen molar-refractivity contribution in [3.8, 4) is 0 Å². The molecule has 0 amide bonds. The van der Waals surface area contributed by atoms with Crippen molar-refractivity contribution in [3.05, 3.63) is 25.3 Å². The maximum Gasteiger partial charge on any atom is 2.00 e. The van der Waals surface area contributed by atoms with E-state index in [1.54, 1.807) is 0 Å². The fourth-order valence-electron chi connectivity index (χ4n) is 0. The van der Waals surface area contributed by atoms with Gasteiger partial charge in [0.15, 0.2) is 0 Å². The van der Waals surface area contributed by atoms with Crippen molar-refractivity contribution in [1.29, 1.82) is 0 Å². The van der Waals surface area contributed by atoms with Crippen molar-refractivity contribution >= 4 is 0 Å². The maximum absolute atomic E-state index is 4.72. The van der Waals surface area contributed by atoms with Gasteiger partial charge >= 0.3 is 17.4 Å². The predicted molar refractivity (Wildman–Crippen MR) is 17.7 cm³/mol. The number of hydrogen-bond acceptors (Lipinski definition) is 0. The Bertz CT molecular complexity index is 24.6. The van der Waals surface area contributed by atoms with Gasteiger partial charge in [0.1, 0.15) is 0 Å². The van der Waals surface area contributed by atoms with E-state index < -0.39 is 0 Å². The Hall–Kier alpha value is 0.0125. The van der Waals surface area contributed by atoms with Crippen molar-refractivity contribution in [3.63, 3.8) is 0 Å². The van der Waals surface area contributed by atoms with Crippen LogP contribution in [-0.4, -0.2) is 0 Å². The molecular weight excluding hydrogens is 100 g/mol. The van der Waals surface area contributed by atoms with Crippen LogP contribution in [-0.2, 0) is 17.4 Å². The fraction of sp³-hybridized carbons (Fsp3) is 0. The van der Waals surface area contributed by atoms with Crippen LogP contribution in [0, 0.1) is 13.2 Å². The van der Waals surface area contributed by atoms with Gasteiger partial charge in [-0.05, 0) is 0 Å². The van der Waals surface area contributed by atoms with Gasteiger partial charge in [0, 0.05) is 0 Å². The molecule has 5 heavy (non-hydrogen) atoms. The fourth-order valence-corrected chi connectivity index (χ4v) is 0. The van der Waals surface area contributed by atoms with Crippen LogP contribution in [0.15, 0.2) is 12.2 Å². The second-order valence-corrected chi connectivity index (χ2v) is 0.385. The molecule has 1 heteroatoms. The molecule has 0 unspecified atom stereocenters. The minimum absolute atomic E-state index is 0. The van der Waals surface area contributed by atoms with Gasteiger partial charge < -0.3 is 25.3 Å². The first-order valence-electron chi connectivity index (χ1n) is 1.00. The van der Waals surface area contributed by atoms with Crippen LogP contribution in [0.3, 0.4) is 0 Å². The van der Waals surface area contributed by atoms with Crippen molar-refractivity contribution in [2.24, 2.45) is 0 Å². The zero-order valence-electron chi connectivity index (χ0n) is 2.72. The van der Waals surface area contributed by atoms with Gasteiger partial charge in [0.2, 0.25) is 0 Å². The van der Waals surface area contributed by atoms with Crippen molar-refractivity contribution < 1.29 is 17.4 Å². The molecule has 0 saturated heterocycles. The molecule has 0 bridgehead atoms. The summed E-state index contributed by atoms with van der Waals surface area (Å²) in [7, 11) is 0. The molecular formula is C4H4Cr. The Morgan fingerprint density at radius 3 is 1.20 bits per heavy atom. The van der Waals surface area contributed by atoms with E-state index in [0.29, 0.717) is 0 Å². The van der Waals surface area contributed by atoms with Crippen LogP contribution in [0.4, 0.5) is 0 Å². The summed E-state index contributed by atoms with van der Waals surface area (Å²) in [6.07, 6.45) is 2.56. The Kier molecular flexibility index (Phi) is 16.0. The summed E-state index contributed by atoms with van der Waals surface area (Å²) < 4.78 is 0. The first kappa shape index (κ1) is 8.89. The normalized spacial score (nSPS) is 4.00. The van der Waals surface area contributed by atoms with E-state index in [2.05, 4.69) is 0 Å². The van der Waals surface area contributed by atoms with Gasteiger partial charge in [-0.25, -0.2) is 0 Å². The summed E-state index contributed by atoms with van der Waals surface area (Å²) in [6, 6.07) is 0. The molecule has 0 fully saturated rings. The average molecular weight is 104 g/mol.